The Hall–Kier alpha value is -2.25. The SMILES string of the molecule is CC1(C)CC(NC(=O)c2ccc(-c3nc4ncccc4[nH]3)s2)CC(C)(C)N1. The van der Waals surface area contributed by atoms with Crippen molar-refractivity contribution in [3.8, 4) is 10.7 Å². The summed E-state index contributed by atoms with van der Waals surface area (Å²) < 4.78 is 0. The molecule has 1 amide bonds. The van der Waals surface area contributed by atoms with Gasteiger partial charge in [0.15, 0.2) is 11.5 Å². The van der Waals surface area contributed by atoms with Gasteiger partial charge in [-0.2, -0.15) is 0 Å². The van der Waals surface area contributed by atoms with Crippen molar-refractivity contribution in [2.75, 3.05) is 0 Å². The number of hydrogen-bond acceptors (Lipinski definition) is 5. The van der Waals surface area contributed by atoms with Gasteiger partial charge in [-0.25, -0.2) is 9.97 Å². The van der Waals surface area contributed by atoms with E-state index in [1.54, 1.807) is 6.20 Å². The number of thiophene rings is 1. The second kappa shape index (κ2) is 6.42. The number of amides is 1. The van der Waals surface area contributed by atoms with Crippen LogP contribution < -0.4 is 10.6 Å². The van der Waals surface area contributed by atoms with Crippen LogP contribution >= 0.6 is 11.3 Å². The number of H-pyrrole nitrogens is 1. The number of aromatic amines is 1. The molecule has 7 heteroatoms. The summed E-state index contributed by atoms with van der Waals surface area (Å²) in [5.74, 6) is 0.732. The molecule has 1 fully saturated rings. The van der Waals surface area contributed by atoms with Gasteiger partial charge in [0.25, 0.3) is 5.91 Å². The van der Waals surface area contributed by atoms with E-state index < -0.39 is 0 Å². The molecular weight excluding hydrogens is 358 g/mol. The van der Waals surface area contributed by atoms with Gasteiger partial charge in [-0.05, 0) is 64.8 Å². The van der Waals surface area contributed by atoms with E-state index in [2.05, 4.69) is 53.3 Å². The van der Waals surface area contributed by atoms with Crippen LogP contribution in [0.25, 0.3) is 21.9 Å². The number of fused-ring (bicyclic) bond motifs is 1. The molecule has 6 nitrogen and oxygen atoms in total. The highest BCUT2D eigenvalue weighted by Gasteiger charge is 2.38. The molecule has 27 heavy (non-hydrogen) atoms. The number of hydrogen-bond donors (Lipinski definition) is 3. The third kappa shape index (κ3) is 3.89. The molecule has 0 unspecified atom stereocenters. The maximum Gasteiger partial charge on any atom is 0.261 e. The zero-order valence-electron chi connectivity index (χ0n) is 16.1. The number of aromatic nitrogens is 3. The number of pyridine rings is 1. The van der Waals surface area contributed by atoms with Crippen LogP contribution in [0.5, 0.6) is 0 Å². The topological polar surface area (TPSA) is 82.7 Å². The molecule has 4 heterocycles. The molecule has 0 saturated carbocycles. The van der Waals surface area contributed by atoms with Crippen LogP contribution in [0.4, 0.5) is 0 Å². The Balaban J connectivity index is 1.50. The van der Waals surface area contributed by atoms with Gasteiger partial charge >= 0.3 is 0 Å². The Kier molecular flexibility index (Phi) is 4.31. The molecule has 4 rings (SSSR count). The molecule has 142 valence electrons. The summed E-state index contributed by atoms with van der Waals surface area (Å²) in [6, 6.07) is 7.78. The van der Waals surface area contributed by atoms with E-state index in [-0.39, 0.29) is 23.0 Å². The molecule has 1 aliphatic rings. The van der Waals surface area contributed by atoms with E-state index in [1.807, 2.05) is 24.3 Å². The van der Waals surface area contributed by atoms with Gasteiger partial charge in [-0.1, -0.05) is 0 Å². The minimum absolute atomic E-state index is 0.00157. The lowest BCUT2D eigenvalue weighted by atomic mass is 9.79. The average molecular weight is 384 g/mol. The Morgan fingerprint density at radius 2 is 1.93 bits per heavy atom. The van der Waals surface area contributed by atoms with Gasteiger partial charge in [0.2, 0.25) is 0 Å². The van der Waals surface area contributed by atoms with Crippen molar-refractivity contribution >= 4 is 28.4 Å². The maximum atomic E-state index is 12.8. The Morgan fingerprint density at radius 3 is 2.63 bits per heavy atom. The Bertz CT molecular complexity index is 938. The Labute approximate surface area is 162 Å². The highest BCUT2D eigenvalue weighted by atomic mass is 32.1. The van der Waals surface area contributed by atoms with Crippen molar-refractivity contribution in [2.24, 2.45) is 0 Å². The lowest BCUT2D eigenvalue weighted by molar-refractivity contribution is 0.0877. The van der Waals surface area contributed by atoms with Gasteiger partial charge in [0, 0.05) is 23.3 Å². The van der Waals surface area contributed by atoms with Crippen LogP contribution in [0.1, 0.15) is 50.2 Å². The minimum atomic E-state index is -0.0148. The second-order valence-corrected chi connectivity index (χ2v) is 9.68. The number of nitrogens with one attached hydrogen (secondary N) is 3. The first-order valence-corrected chi connectivity index (χ1v) is 10.0. The number of carbonyl (C=O) groups is 1. The smallest absolute Gasteiger partial charge is 0.261 e. The minimum Gasteiger partial charge on any atom is -0.348 e. The zero-order chi connectivity index (χ0) is 19.2. The second-order valence-electron chi connectivity index (χ2n) is 8.60. The molecule has 3 N–H and O–H groups in total. The number of piperidine rings is 1. The summed E-state index contributed by atoms with van der Waals surface area (Å²) in [6.07, 6.45) is 3.55. The lowest BCUT2D eigenvalue weighted by Gasteiger charge is -2.46. The van der Waals surface area contributed by atoms with Gasteiger partial charge in [0.1, 0.15) is 0 Å². The van der Waals surface area contributed by atoms with Crippen LogP contribution in [-0.4, -0.2) is 38.0 Å². The fraction of sp³-hybridized carbons (Fsp3) is 0.450. The van der Waals surface area contributed by atoms with Gasteiger partial charge in [0.05, 0.1) is 15.3 Å². The first-order chi connectivity index (χ1) is 12.7. The number of carbonyl (C=O) groups excluding carboxylic acids is 1. The van der Waals surface area contributed by atoms with Crippen molar-refractivity contribution in [1.82, 2.24) is 25.6 Å². The van der Waals surface area contributed by atoms with Crippen molar-refractivity contribution in [3.05, 3.63) is 35.3 Å². The predicted molar refractivity (Wildman–Crippen MR) is 109 cm³/mol. The van der Waals surface area contributed by atoms with Crippen LogP contribution in [0.2, 0.25) is 0 Å². The number of imidazole rings is 1. The van der Waals surface area contributed by atoms with Gasteiger partial charge in [-0.15, -0.1) is 11.3 Å². The molecule has 3 aromatic rings. The van der Waals surface area contributed by atoms with Crippen LogP contribution in [0.3, 0.4) is 0 Å². The monoisotopic (exact) mass is 383 g/mol. The van der Waals surface area contributed by atoms with Crippen molar-refractivity contribution in [1.29, 1.82) is 0 Å². The van der Waals surface area contributed by atoms with E-state index >= 15 is 0 Å². The summed E-state index contributed by atoms with van der Waals surface area (Å²) in [7, 11) is 0. The molecule has 0 aliphatic carbocycles. The van der Waals surface area contributed by atoms with Crippen LogP contribution in [0.15, 0.2) is 30.5 Å². The highest BCUT2D eigenvalue weighted by molar-refractivity contribution is 7.17. The van der Waals surface area contributed by atoms with E-state index in [0.717, 1.165) is 29.1 Å². The van der Waals surface area contributed by atoms with Crippen molar-refractivity contribution < 1.29 is 4.79 Å². The quantitative estimate of drug-likeness (QED) is 0.644. The molecular formula is C20H25N5OS. The Morgan fingerprint density at radius 1 is 1.19 bits per heavy atom. The highest BCUT2D eigenvalue weighted by Crippen LogP contribution is 2.30. The van der Waals surface area contributed by atoms with Gasteiger partial charge in [-0.3, -0.25) is 4.79 Å². The molecule has 1 saturated heterocycles. The average Bonchev–Trinajstić information content (AvgIpc) is 3.18. The third-order valence-electron chi connectivity index (χ3n) is 4.85. The molecule has 0 spiro atoms. The summed E-state index contributed by atoms with van der Waals surface area (Å²) >= 11 is 1.45. The predicted octanol–water partition coefficient (Wildman–Crippen LogP) is 3.73. The first-order valence-electron chi connectivity index (χ1n) is 9.22. The zero-order valence-corrected chi connectivity index (χ0v) is 16.9. The van der Waals surface area contributed by atoms with Crippen LogP contribution in [-0.2, 0) is 0 Å². The van der Waals surface area contributed by atoms with Gasteiger partial charge < -0.3 is 15.6 Å². The standard InChI is InChI=1S/C20H25N5OS/c1-19(2)10-12(11-20(3,4)25-19)22-18(26)15-8-7-14(27-15)17-23-13-6-5-9-21-16(13)24-17/h5-9,12,25H,10-11H2,1-4H3,(H,22,26)(H,21,23,24). The molecule has 0 bridgehead atoms. The molecule has 0 aromatic carbocycles. The van der Waals surface area contributed by atoms with Crippen LogP contribution in [0, 0.1) is 0 Å². The van der Waals surface area contributed by atoms with Crippen molar-refractivity contribution in [3.63, 3.8) is 0 Å². The summed E-state index contributed by atoms with van der Waals surface area (Å²) in [5, 5.41) is 6.87. The summed E-state index contributed by atoms with van der Waals surface area (Å²) in [5.41, 5.74) is 1.58. The van der Waals surface area contributed by atoms with E-state index in [1.165, 1.54) is 11.3 Å². The third-order valence-corrected chi connectivity index (χ3v) is 5.94. The fourth-order valence-corrected chi connectivity index (χ4v) is 5.08. The normalized spacial score (nSPS) is 19.3. The van der Waals surface area contributed by atoms with Crippen molar-refractivity contribution in [2.45, 2.75) is 57.7 Å². The summed E-state index contributed by atoms with van der Waals surface area (Å²) in [4.78, 5) is 26.5. The molecule has 0 atom stereocenters. The number of rotatable bonds is 3. The molecule has 1 aliphatic heterocycles. The molecule has 3 aromatic heterocycles. The largest absolute Gasteiger partial charge is 0.348 e. The van der Waals surface area contributed by atoms with E-state index in [4.69, 9.17) is 0 Å². The molecule has 0 radical (unpaired) electrons. The first kappa shape index (κ1) is 18.1. The maximum absolute atomic E-state index is 12.8. The van der Waals surface area contributed by atoms with E-state index in [0.29, 0.717) is 10.5 Å². The number of nitrogens with zero attached hydrogens (tertiary/aromatic N) is 2. The van der Waals surface area contributed by atoms with E-state index in [9.17, 15) is 4.79 Å². The lowest BCUT2D eigenvalue weighted by Crippen LogP contribution is -2.62. The summed E-state index contributed by atoms with van der Waals surface area (Å²) in [6.45, 7) is 8.75. The fourth-order valence-electron chi connectivity index (χ4n) is 4.23.